The normalized spacial score (nSPS) is 10.7. The van der Waals surface area contributed by atoms with Gasteiger partial charge in [0.1, 0.15) is 5.75 Å². The summed E-state index contributed by atoms with van der Waals surface area (Å²) in [6.45, 7) is 6.06. The van der Waals surface area contributed by atoms with Crippen LogP contribution in [0.15, 0.2) is 21.1 Å². The van der Waals surface area contributed by atoms with Crippen LogP contribution in [0.3, 0.4) is 0 Å². The van der Waals surface area contributed by atoms with Gasteiger partial charge in [-0.1, -0.05) is 28.0 Å². The number of tetrazole rings is 1. The number of nitrogens with zero attached hydrogens (tertiary/aromatic N) is 4. The molecule has 0 atom stereocenters. The van der Waals surface area contributed by atoms with Crippen LogP contribution >= 0.6 is 31.9 Å². The van der Waals surface area contributed by atoms with Crippen molar-refractivity contribution in [3.05, 3.63) is 26.6 Å². The molecule has 1 N–H and O–H groups in total. The smallest absolute Gasteiger partial charge is 0.243 e. The molecule has 8 heteroatoms. The molecule has 1 aromatic carbocycles. The number of rotatable bonds is 7. The van der Waals surface area contributed by atoms with E-state index >= 15 is 0 Å². The Morgan fingerprint density at radius 2 is 2.10 bits per heavy atom. The molecule has 0 bridgehead atoms. The number of anilines is 1. The molecule has 0 aliphatic rings. The Kier molecular flexibility index (Phi) is 5.98. The predicted octanol–water partition coefficient (Wildman–Crippen LogP) is 3.62. The Labute approximate surface area is 140 Å². The molecule has 0 fully saturated rings. The summed E-state index contributed by atoms with van der Waals surface area (Å²) in [6.07, 6.45) is 0.962. The molecule has 114 valence electrons. The Bertz CT molecular complexity index is 602. The molecule has 2 aromatic rings. The van der Waals surface area contributed by atoms with Gasteiger partial charge in [0, 0.05) is 23.1 Å². The predicted molar refractivity (Wildman–Crippen MR) is 88.4 cm³/mol. The Morgan fingerprint density at radius 3 is 2.81 bits per heavy atom. The molecular weight excluding hydrogens is 402 g/mol. The van der Waals surface area contributed by atoms with Crippen LogP contribution < -0.4 is 10.1 Å². The summed E-state index contributed by atoms with van der Waals surface area (Å²) < 4.78 is 9.46. The second kappa shape index (κ2) is 7.74. The van der Waals surface area contributed by atoms with Gasteiger partial charge in [-0.15, -0.1) is 0 Å². The van der Waals surface area contributed by atoms with Crippen LogP contribution in [0.4, 0.5) is 5.95 Å². The van der Waals surface area contributed by atoms with E-state index < -0.39 is 0 Å². The van der Waals surface area contributed by atoms with Gasteiger partial charge >= 0.3 is 0 Å². The Morgan fingerprint density at radius 1 is 1.29 bits per heavy atom. The number of nitrogens with one attached hydrogen (secondary N) is 1. The SMILES string of the molecule is CCCOc1c(Br)cc(Br)cc1CNc1nnnn1CC. The van der Waals surface area contributed by atoms with Gasteiger partial charge in [-0.05, 0) is 51.8 Å². The average Bonchev–Trinajstić information content (AvgIpc) is 2.91. The maximum atomic E-state index is 5.83. The van der Waals surface area contributed by atoms with Gasteiger partial charge in [0.25, 0.3) is 0 Å². The van der Waals surface area contributed by atoms with Crippen molar-refractivity contribution < 1.29 is 4.74 Å². The monoisotopic (exact) mass is 417 g/mol. The zero-order chi connectivity index (χ0) is 15.2. The second-order valence-corrected chi connectivity index (χ2v) is 6.17. The molecule has 0 unspecified atom stereocenters. The summed E-state index contributed by atoms with van der Waals surface area (Å²) in [7, 11) is 0. The molecule has 0 aliphatic heterocycles. The highest BCUT2D eigenvalue weighted by molar-refractivity contribution is 9.11. The molecule has 21 heavy (non-hydrogen) atoms. The summed E-state index contributed by atoms with van der Waals surface area (Å²) in [5, 5.41) is 14.8. The first kappa shape index (κ1) is 16.2. The fraction of sp³-hybridized carbons (Fsp3) is 0.462. The first-order chi connectivity index (χ1) is 10.2. The van der Waals surface area contributed by atoms with Gasteiger partial charge in [-0.25, -0.2) is 4.68 Å². The minimum Gasteiger partial charge on any atom is -0.492 e. The number of benzene rings is 1. The van der Waals surface area contributed by atoms with Crippen LogP contribution in [0.5, 0.6) is 5.75 Å². The largest absolute Gasteiger partial charge is 0.492 e. The first-order valence-electron chi connectivity index (χ1n) is 6.76. The Hall–Kier alpha value is -1.15. The molecule has 0 saturated heterocycles. The molecule has 0 radical (unpaired) electrons. The molecule has 0 saturated carbocycles. The maximum absolute atomic E-state index is 5.83. The number of ether oxygens (including phenoxy) is 1. The lowest BCUT2D eigenvalue weighted by Gasteiger charge is -2.14. The third-order valence-electron chi connectivity index (χ3n) is 2.80. The van der Waals surface area contributed by atoms with Crippen molar-refractivity contribution in [1.82, 2.24) is 20.2 Å². The van der Waals surface area contributed by atoms with Crippen molar-refractivity contribution in [2.45, 2.75) is 33.4 Å². The van der Waals surface area contributed by atoms with Gasteiger partial charge in [-0.3, -0.25) is 0 Å². The van der Waals surface area contributed by atoms with Crippen molar-refractivity contribution in [2.24, 2.45) is 0 Å². The molecule has 1 heterocycles. The minimum absolute atomic E-state index is 0.581. The van der Waals surface area contributed by atoms with Crippen molar-refractivity contribution in [3.63, 3.8) is 0 Å². The summed E-state index contributed by atoms with van der Waals surface area (Å²) in [5.74, 6) is 1.50. The molecule has 0 spiro atoms. The van der Waals surface area contributed by atoms with Crippen LogP contribution in [0.1, 0.15) is 25.8 Å². The molecule has 2 rings (SSSR count). The quantitative estimate of drug-likeness (QED) is 0.743. The molecule has 0 amide bonds. The van der Waals surface area contributed by atoms with E-state index in [4.69, 9.17) is 4.74 Å². The highest BCUT2D eigenvalue weighted by Gasteiger charge is 2.12. The summed E-state index contributed by atoms with van der Waals surface area (Å²) in [4.78, 5) is 0. The third-order valence-corrected chi connectivity index (χ3v) is 3.85. The molecular formula is C13H17Br2N5O. The zero-order valence-corrected chi connectivity index (χ0v) is 15.1. The van der Waals surface area contributed by atoms with E-state index in [0.29, 0.717) is 19.1 Å². The van der Waals surface area contributed by atoms with Crippen LogP contribution in [-0.2, 0) is 13.1 Å². The van der Waals surface area contributed by atoms with Gasteiger partial charge in [0.05, 0.1) is 11.1 Å². The van der Waals surface area contributed by atoms with Gasteiger partial charge in [0.15, 0.2) is 0 Å². The van der Waals surface area contributed by atoms with Crippen LogP contribution in [0, 0.1) is 0 Å². The molecule has 1 aromatic heterocycles. The number of halogens is 2. The first-order valence-corrected chi connectivity index (χ1v) is 8.35. The van der Waals surface area contributed by atoms with E-state index in [1.807, 2.05) is 19.1 Å². The van der Waals surface area contributed by atoms with Crippen LogP contribution in [0.2, 0.25) is 0 Å². The molecule has 6 nitrogen and oxygen atoms in total. The van der Waals surface area contributed by atoms with Crippen LogP contribution in [0.25, 0.3) is 0 Å². The van der Waals surface area contributed by atoms with Crippen molar-refractivity contribution in [3.8, 4) is 5.75 Å². The highest BCUT2D eigenvalue weighted by atomic mass is 79.9. The van der Waals surface area contributed by atoms with E-state index in [1.165, 1.54) is 0 Å². The number of hydrogen-bond donors (Lipinski definition) is 1. The van der Waals surface area contributed by atoms with E-state index in [0.717, 1.165) is 33.2 Å². The van der Waals surface area contributed by atoms with Crippen molar-refractivity contribution >= 4 is 37.8 Å². The van der Waals surface area contributed by atoms with E-state index in [-0.39, 0.29) is 0 Å². The number of aromatic nitrogens is 4. The zero-order valence-electron chi connectivity index (χ0n) is 11.9. The Balaban J connectivity index is 2.18. The second-order valence-electron chi connectivity index (χ2n) is 4.40. The van der Waals surface area contributed by atoms with E-state index in [1.54, 1.807) is 4.68 Å². The summed E-state index contributed by atoms with van der Waals surface area (Å²) in [5.41, 5.74) is 1.04. The van der Waals surface area contributed by atoms with Gasteiger partial charge in [-0.2, -0.15) is 0 Å². The minimum atomic E-state index is 0.581. The average molecular weight is 419 g/mol. The number of hydrogen-bond acceptors (Lipinski definition) is 5. The summed E-state index contributed by atoms with van der Waals surface area (Å²) in [6, 6.07) is 4.01. The lowest BCUT2D eigenvalue weighted by molar-refractivity contribution is 0.312. The highest BCUT2D eigenvalue weighted by Crippen LogP contribution is 2.33. The lowest BCUT2D eigenvalue weighted by Crippen LogP contribution is -2.09. The maximum Gasteiger partial charge on any atom is 0.243 e. The van der Waals surface area contributed by atoms with Gasteiger partial charge in [0.2, 0.25) is 5.95 Å². The lowest BCUT2D eigenvalue weighted by atomic mass is 10.2. The standard InChI is InChI=1S/C13H17Br2N5O/c1-3-5-21-12-9(6-10(14)7-11(12)15)8-16-13-17-18-19-20(13)4-2/h6-7H,3-5,8H2,1-2H3,(H,16,17,19). The number of aryl methyl sites for hydroxylation is 1. The van der Waals surface area contributed by atoms with E-state index in [2.05, 4.69) is 59.6 Å². The van der Waals surface area contributed by atoms with Crippen molar-refractivity contribution in [1.29, 1.82) is 0 Å². The topological polar surface area (TPSA) is 64.9 Å². The van der Waals surface area contributed by atoms with Crippen molar-refractivity contribution in [2.75, 3.05) is 11.9 Å². The molecule has 0 aliphatic carbocycles. The van der Waals surface area contributed by atoms with Crippen LogP contribution in [-0.4, -0.2) is 26.8 Å². The summed E-state index contributed by atoms with van der Waals surface area (Å²) >= 11 is 7.05. The fourth-order valence-electron chi connectivity index (χ4n) is 1.83. The third kappa shape index (κ3) is 4.16. The van der Waals surface area contributed by atoms with Gasteiger partial charge < -0.3 is 10.1 Å². The fourth-order valence-corrected chi connectivity index (χ4v) is 3.26. The van der Waals surface area contributed by atoms with E-state index in [9.17, 15) is 0 Å².